The van der Waals surface area contributed by atoms with Gasteiger partial charge in [0.15, 0.2) is 0 Å². The van der Waals surface area contributed by atoms with Crippen molar-refractivity contribution >= 4 is 5.91 Å². The summed E-state index contributed by atoms with van der Waals surface area (Å²) in [6.07, 6.45) is 4.11. The fourth-order valence-electron chi connectivity index (χ4n) is 3.38. The van der Waals surface area contributed by atoms with Crippen LogP contribution in [0.25, 0.3) is 16.9 Å². The van der Waals surface area contributed by atoms with E-state index in [1.165, 1.54) is 0 Å². The number of aryl methyl sites for hydroxylation is 2. The van der Waals surface area contributed by atoms with Crippen molar-refractivity contribution in [1.29, 1.82) is 0 Å². The molecule has 7 nitrogen and oxygen atoms in total. The van der Waals surface area contributed by atoms with Crippen LogP contribution in [0.2, 0.25) is 0 Å². The quantitative estimate of drug-likeness (QED) is 0.516. The highest BCUT2D eigenvalue weighted by molar-refractivity contribution is 6.00. The molecular formula is C23H24N6O. The maximum absolute atomic E-state index is 13.0. The summed E-state index contributed by atoms with van der Waals surface area (Å²) < 4.78 is 3.72. The second-order valence-corrected chi connectivity index (χ2v) is 7.08. The summed E-state index contributed by atoms with van der Waals surface area (Å²) >= 11 is 0. The molecule has 0 aliphatic carbocycles. The minimum atomic E-state index is -0.156. The van der Waals surface area contributed by atoms with Crippen LogP contribution >= 0.6 is 0 Å². The number of nitrogens with one attached hydrogen (secondary N) is 1. The molecule has 1 amide bonds. The monoisotopic (exact) mass is 400 g/mol. The van der Waals surface area contributed by atoms with E-state index in [0.717, 1.165) is 29.2 Å². The summed E-state index contributed by atoms with van der Waals surface area (Å²) in [5.74, 6) is 0.702. The summed E-state index contributed by atoms with van der Waals surface area (Å²) in [7, 11) is 0. The maximum Gasteiger partial charge on any atom is 0.255 e. The number of rotatable bonds is 7. The van der Waals surface area contributed by atoms with E-state index in [1.54, 1.807) is 17.2 Å². The van der Waals surface area contributed by atoms with Crippen molar-refractivity contribution in [3.8, 4) is 16.9 Å². The predicted molar refractivity (Wildman–Crippen MR) is 115 cm³/mol. The highest BCUT2D eigenvalue weighted by Gasteiger charge is 2.19. The zero-order valence-electron chi connectivity index (χ0n) is 17.1. The van der Waals surface area contributed by atoms with Gasteiger partial charge in [-0.2, -0.15) is 5.10 Å². The zero-order chi connectivity index (χ0) is 20.9. The molecule has 0 saturated carbocycles. The Morgan fingerprint density at radius 3 is 2.70 bits per heavy atom. The van der Waals surface area contributed by atoms with Crippen LogP contribution in [0, 0.1) is 6.92 Å². The molecule has 2 aromatic heterocycles. The molecule has 0 saturated heterocycles. The number of hydrogen-bond donors (Lipinski definition) is 1. The Hall–Kier alpha value is -3.74. The average Bonchev–Trinajstić information content (AvgIpc) is 3.41. The van der Waals surface area contributed by atoms with Crippen molar-refractivity contribution in [3.05, 3.63) is 84.1 Å². The molecule has 0 aliphatic heterocycles. The van der Waals surface area contributed by atoms with Crippen molar-refractivity contribution in [2.45, 2.75) is 26.8 Å². The van der Waals surface area contributed by atoms with E-state index < -0.39 is 0 Å². The van der Waals surface area contributed by atoms with Gasteiger partial charge in [0.2, 0.25) is 0 Å². The third kappa shape index (κ3) is 4.15. The van der Waals surface area contributed by atoms with Gasteiger partial charge in [-0.3, -0.25) is 4.79 Å². The largest absolute Gasteiger partial charge is 0.351 e. The molecule has 0 atom stereocenters. The van der Waals surface area contributed by atoms with Crippen LogP contribution in [0.1, 0.15) is 28.7 Å². The van der Waals surface area contributed by atoms with Crippen molar-refractivity contribution in [2.75, 3.05) is 6.54 Å². The van der Waals surface area contributed by atoms with Gasteiger partial charge in [-0.15, -0.1) is 10.2 Å². The number of hydrogen-bond acceptors (Lipinski definition) is 4. The molecule has 4 aromatic rings. The van der Waals surface area contributed by atoms with Crippen LogP contribution in [-0.2, 0) is 13.0 Å². The van der Waals surface area contributed by atoms with Crippen LogP contribution in [0.4, 0.5) is 0 Å². The van der Waals surface area contributed by atoms with Crippen molar-refractivity contribution < 1.29 is 4.79 Å². The number of nitrogens with zero attached hydrogens (tertiary/aromatic N) is 5. The predicted octanol–water partition coefficient (Wildman–Crippen LogP) is 3.43. The summed E-state index contributed by atoms with van der Waals surface area (Å²) in [6, 6.07) is 17.8. The number of carbonyl (C=O) groups is 1. The van der Waals surface area contributed by atoms with Gasteiger partial charge >= 0.3 is 0 Å². The molecule has 1 N–H and O–H groups in total. The Morgan fingerprint density at radius 2 is 1.93 bits per heavy atom. The Labute approximate surface area is 175 Å². The van der Waals surface area contributed by atoms with Gasteiger partial charge in [0.1, 0.15) is 17.8 Å². The average molecular weight is 400 g/mol. The topological polar surface area (TPSA) is 77.6 Å². The molecule has 0 bridgehead atoms. The summed E-state index contributed by atoms with van der Waals surface area (Å²) in [6.45, 7) is 5.35. The van der Waals surface area contributed by atoms with Crippen molar-refractivity contribution in [3.63, 3.8) is 0 Å². The smallest absolute Gasteiger partial charge is 0.255 e. The van der Waals surface area contributed by atoms with Gasteiger partial charge in [-0.05, 0) is 32.0 Å². The van der Waals surface area contributed by atoms with Crippen LogP contribution in [-0.4, -0.2) is 37.0 Å². The summed E-state index contributed by atoms with van der Waals surface area (Å²) in [4.78, 5) is 13.0. The molecular weight excluding hydrogens is 376 g/mol. The number of carbonyl (C=O) groups excluding carboxylic acids is 1. The van der Waals surface area contributed by atoms with Gasteiger partial charge < -0.3 is 9.88 Å². The summed E-state index contributed by atoms with van der Waals surface area (Å²) in [5.41, 5.74) is 4.15. The van der Waals surface area contributed by atoms with Crippen LogP contribution in [0.5, 0.6) is 0 Å². The van der Waals surface area contributed by atoms with Gasteiger partial charge in [0.25, 0.3) is 5.91 Å². The lowest BCUT2D eigenvalue weighted by molar-refractivity contribution is 0.0954. The molecule has 2 aromatic carbocycles. The zero-order valence-corrected chi connectivity index (χ0v) is 17.1. The first-order chi connectivity index (χ1) is 14.7. The van der Waals surface area contributed by atoms with Crippen LogP contribution < -0.4 is 5.32 Å². The highest BCUT2D eigenvalue weighted by Crippen LogP contribution is 2.24. The van der Waals surface area contributed by atoms with E-state index in [1.807, 2.05) is 73.0 Å². The van der Waals surface area contributed by atoms with Gasteiger partial charge in [0, 0.05) is 31.3 Å². The lowest BCUT2D eigenvalue weighted by Gasteiger charge is -2.06. The third-order valence-electron chi connectivity index (χ3n) is 4.94. The first kappa shape index (κ1) is 19.6. The van der Waals surface area contributed by atoms with Gasteiger partial charge in [0.05, 0.1) is 11.3 Å². The molecule has 30 heavy (non-hydrogen) atoms. The third-order valence-corrected chi connectivity index (χ3v) is 4.94. The van der Waals surface area contributed by atoms with Crippen molar-refractivity contribution in [1.82, 2.24) is 29.9 Å². The molecule has 0 spiro atoms. The fourth-order valence-corrected chi connectivity index (χ4v) is 3.38. The second kappa shape index (κ2) is 8.73. The minimum Gasteiger partial charge on any atom is -0.351 e. The maximum atomic E-state index is 13.0. The Bertz CT molecular complexity index is 1150. The Morgan fingerprint density at radius 1 is 1.10 bits per heavy atom. The minimum absolute atomic E-state index is 0.156. The first-order valence-corrected chi connectivity index (χ1v) is 10.0. The molecule has 0 unspecified atom stereocenters. The number of aromatic nitrogens is 5. The standard InChI is InChI=1S/C23H24N6O/c1-3-28-16-25-26-21(28)12-13-24-23(30)20-15-29(19-10-5-4-6-11-19)27-22(20)18-9-7-8-17(2)14-18/h4-11,14-16H,3,12-13H2,1-2H3,(H,24,30). The fraction of sp³-hybridized carbons (Fsp3) is 0.217. The number of benzene rings is 2. The number of amides is 1. The Balaban J connectivity index is 1.60. The molecule has 152 valence electrons. The van der Waals surface area contributed by atoms with E-state index >= 15 is 0 Å². The first-order valence-electron chi connectivity index (χ1n) is 10.0. The normalized spacial score (nSPS) is 10.9. The lowest BCUT2D eigenvalue weighted by atomic mass is 10.1. The highest BCUT2D eigenvalue weighted by atomic mass is 16.1. The number of para-hydroxylation sites is 1. The van der Waals surface area contributed by atoms with Crippen molar-refractivity contribution in [2.24, 2.45) is 0 Å². The lowest BCUT2D eigenvalue weighted by Crippen LogP contribution is -2.26. The molecule has 2 heterocycles. The Kier molecular flexibility index (Phi) is 5.70. The van der Waals surface area contributed by atoms with E-state index in [9.17, 15) is 4.79 Å². The SMILES string of the molecule is CCn1cnnc1CCNC(=O)c1cn(-c2ccccc2)nc1-c1cccc(C)c1. The van der Waals surface area contributed by atoms with E-state index in [4.69, 9.17) is 5.10 Å². The molecule has 0 aliphatic rings. The van der Waals surface area contributed by atoms with Crippen LogP contribution in [0.3, 0.4) is 0 Å². The van der Waals surface area contributed by atoms with Gasteiger partial charge in [-0.25, -0.2) is 4.68 Å². The molecule has 0 radical (unpaired) electrons. The molecule has 4 rings (SSSR count). The van der Waals surface area contributed by atoms with E-state index in [-0.39, 0.29) is 5.91 Å². The molecule has 0 fully saturated rings. The summed E-state index contributed by atoms with van der Waals surface area (Å²) in [5, 5.41) is 15.8. The van der Waals surface area contributed by atoms with E-state index in [2.05, 4.69) is 15.5 Å². The van der Waals surface area contributed by atoms with Gasteiger partial charge in [-0.1, -0.05) is 42.0 Å². The van der Waals surface area contributed by atoms with E-state index in [0.29, 0.717) is 24.2 Å². The molecule has 7 heteroatoms. The van der Waals surface area contributed by atoms with Crippen LogP contribution in [0.15, 0.2) is 67.1 Å². The second-order valence-electron chi connectivity index (χ2n) is 7.08.